The molecule has 8 nitrogen and oxygen atoms in total. The van der Waals surface area contributed by atoms with Crippen molar-refractivity contribution in [3.63, 3.8) is 0 Å². The zero-order chi connectivity index (χ0) is 27.8. The van der Waals surface area contributed by atoms with Crippen LogP contribution in [0.1, 0.15) is 51.2 Å². The normalized spacial score (nSPS) is 22.5. The smallest absolute Gasteiger partial charge is 0.369 e. The van der Waals surface area contributed by atoms with E-state index in [1.54, 1.807) is 4.90 Å². The molecule has 2 N–H and O–H groups in total. The summed E-state index contributed by atoms with van der Waals surface area (Å²) in [5.74, 6) is -0.0640. The lowest BCUT2D eigenvalue weighted by Crippen LogP contribution is -2.46. The van der Waals surface area contributed by atoms with Crippen molar-refractivity contribution in [2.24, 2.45) is 5.41 Å². The van der Waals surface area contributed by atoms with Gasteiger partial charge in [-0.1, -0.05) is 20.8 Å². The summed E-state index contributed by atoms with van der Waals surface area (Å²) in [5, 5.41) is 5.99. The van der Waals surface area contributed by atoms with Gasteiger partial charge in [0.25, 0.3) is 0 Å². The minimum absolute atomic E-state index is 0.0928. The van der Waals surface area contributed by atoms with E-state index in [9.17, 15) is 18.0 Å². The number of carbonyl (C=O) groups excluding carboxylic acids is 1. The molecule has 0 aliphatic carbocycles. The molecule has 1 aromatic carbocycles. The van der Waals surface area contributed by atoms with E-state index in [1.165, 1.54) is 12.1 Å². The third-order valence-electron chi connectivity index (χ3n) is 8.26. The van der Waals surface area contributed by atoms with Gasteiger partial charge in [-0.3, -0.25) is 9.69 Å². The number of hydrogen-bond donors (Lipinski definition) is 2. The maximum Gasteiger partial charge on any atom is 0.421 e. The molecule has 1 aromatic heterocycles. The predicted octanol–water partition coefficient (Wildman–Crippen LogP) is 4.76. The molecule has 2 aromatic rings. The molecule has 4 heterocycles. The van der Waals surface area contributed by atoms with Gasteiger partial charge in [0.1, 0.15) is 11.4 Å². The number of amides is 1. The summed E-state index contributed by atoms with van der Waals surface area (Å²) in [6, 6.07) is 6.74. The van der Waals surface area contributed by atoms with E-state index in [4.69, 9.17) is 0 Å². The van der Waals surface area contributed by atoms with Gasteiger partial charge in [-0.2, -0.15) is 18.2 Å². The summed E-state index contributed by atoms with van der Waals surface area (Å²) in [6.45, 7) is 11.7. The standard InChI is InChI=1S/C28H38F3N7O/c1-4-19-16-20(38-15-14-36-12-8-21(38)18-36)6-7-23(19)34-26-33-17-22(28(29,30)31)24(35-26)32-10-5-11-37-13-9-27(2,3)25(37)39/h6-7,16-17,21H,4-5,8-15,18H2,1-3H3,(H2,32,33,34,35). The SMILES string of the molecule is CCc1cc(N2CCN3CCC2C3)ccc1Nc1ncc(C(F)(F)F)c(NCCCN2CCC(C)(C)C2=O)n1. The fourth-order valence-electron chi connectivity index (χ4n) is 5.86. The number of nitrogens with zero attached hydrogens (tertiary/aromatic N) is 5. The van der Waals surface area contributed by atoms with Crippen LogP contribution in [-0.2, 0) is 17.4 Å². The fraction of sp³-hybridized carbons (Fsp3) is 0.607. The highest BCUT2D eigenvalue weighted by Crippen LogP contribution is 2.35. The van der Waals surface area contributed by atoms with Crippen molar-refractivity contribution in [1.29, 1.82) is 0 Å². The Hall–Kier alpha value is -3.08. The second kappa shape index (κ2) is 10.8. The molecule has 1 amide bonds. The molecular weight excluding hydrogens is 507 g/mol. The number of alkyl halides is 3. The molecule has 0 saturated carbocycles. The second-order valence-corrected chi connectivity index (χ2v) is 11.4. The van der Waals surface area contributed by atoms with Crippen LogP contribution in [0.3, 0.4) is 0 Å². The number of rotatable bonds is 9. The molecule has 2 atom stereocenters. The number of halogens is 3. The van der Waals surface area contributed by atoms with Crippen molar-refractivity contribution in [3.8, 4) is 0 Å². The summed E-state index contributed by atoms with van der Waals surface area (Å²) in [6.07, 6.45) is -0.527. The lowest BCUT2D eigenvalue weighted by molar-refractivity contribution is -0.137. The minimum atomic E-state index is -4.59. The summed E-state index contributed by atoms with van der Waals surface area (Å²) in [7, 11) is 0. The second-order valence-electron chi connectivity index (χ2n) is 11.4. The topological polar surface area (TPSA) is 76.6 Å². The van der Waals surface area contributed by atoms with Gasteiger partial charge >= 0.3 is 6.18 Å². The van der Waals surface area contributed by atoms with Gasteiger partial charge in [-0.05, 0) is 49.4 Å². The highest BCUT2D eigenvalue weighted by atomic mass is 19.4. The number of likely N-dealkylation sites (tertiary alicyclic amines) is 1. The van der Waals surface area contributed by atoms with Gasteiger partial charge in [-0.25, -0.2) is 4.98 Å². The van der Waals surface area contributed by atoms with Crippen LogP contribution in [-0.4, -0.2) is 77.5 Å². The fourth-order valence-corrected chi connectivity index (χ4v) is 5.86. The van der Waals surface area contributed by atoms with E-state index < -0.39 is 11.7 Å². The van der Waals surface area contributed by atoms with Crippen LogP contribution in [0.4, 0.5) is 36.3 Å². The Morgan fingerprint density at radius 1 is 1.15 bits per heavy atom. The number of hydrogen-bond acceptors (Lipinski definition) is 7. The average molecular weight is 546 g/mol. The van der Waals surface area contributed by atoms with Crippen LogP contribution in [0.2, 0.25) is 0 Å². The van der Waals surface area contributed by atoms with Crippen LogP contribution >= 0.6 is 0 Å². The molecule has 2 bridgehead atoms. The first-order chi connectivity index (χ1) is 18.5. The van der Waals surface area contributed by atoms with Gasteiger partial charge in [0.05, 0.1) is 0 Å². The summed E-state index contributed by atoms with van der Waals surface area (Å²) >= 11 is 0. The number of fused-ring (bicyclic) bond motifs is 2. The Morgan fingerprint density at radius 3 is 2.69 bits per heavy atom. The van der Waals surface area contributed by atoms with Crippen LogP contribution < -0.4 is 15.5 Å². The van der Waals surface area contributed by atoms with Crippen LogP contribution in [0.5, 0.6) is 0 Å². The molecule has 3 aliphatic heterocycles. The van der Waals surface area contributed by atoms with E-state index in [-0.39, 0.29) is 29.6 Å². The van der Waals surface area contributed by atoms with E-state index in [1.807, 2.05) is 19.9 Å². The minimum Gasteiger partial charge on any atom is -0.369 e. The molecule has 3 saturated heterocycles. The lowest BCUT2D eigenvalue weighted by atomic mass is 9.92. The molecule has 3 aliphatic rings. The molecule has 2 unspecified atom stereocenters. The van der Waals surface area contributed by atoms with Crippen molar-refractivity contribution in [2.75, 3.05) is 61.3 Å². The Bertz CT molecular complexity index is 1200. The zero-order valence-corrected chi connectivity index (χ0v) is 22.9. The Kier molecular flexibility index (Phi) is 7.63. The number of nitrogens with one attached hydrogen (secondary N) is 2. The van der Waals surface area contributed by atoms with E-state index >= 15 is 0 Å². The van der Waals surface area contributed by atoms with Crippen molar-refractivity contribution >= 4 is 29.0 Å². The Balaban J connectivity index is 1.27. The van der Waals surface area contributed by atoms with E-state index in [0.717, 1.165) is 56.5 Å². The molecule has 39 heavy (non-hydrogen) atoms. The molecule has 212 valence electrons. The van der Waals surface area contributed by atoms with Crippen molar-refractivity contribution < 1.29 is 18.0 Å². The van der Waals surface area contributed by atoms with Crippen molar-refractivity contribution in [2.45, 2.75) is 58.7 Å². The summed E-state index contributed by atoms with van der Waals surface area (Å²) in [5.41, 5.74) is 1.74. The van der Waals surface area contributed by atoms with Crippen LogP contribution in [0, 0.1) is 5.41 Å². The number of piperazine rings is 1. The van der Waals surface area contributed by atoms with Crippen LogP contribution in [0.25, 0.3) is 0 Å². The summed E-state index contributed by atoms with van der Waals surface area (Å²) < 4.78 is 41.1. The monoisotopic (exact) mass is 545 g/mol. The van der Waals surface area contributed by atoms with E-state index in [0.29, 0.717) is 25.6 Å². The third-order valence-corrected chi connectivity index (χ3v) is 8.26. The average Bonchev–Trinajstić information content (AvgIpc) is 3.39. The number of aryl methyl sites for hydroxylation is 1. The first kappa shape index (κ1) is 27.5. The molecular formula is C28H38F3N7O. The zero-order valence-electron chi connectivity index (χ0n) is 22.9. The Morgan fingerprint density at radius 2 is 1.97 bits per heavy atom. The van der Waals surface area contributed by atoms with Gasteiger partial charge in [-0.15, -0.1) is 0 Å². The molecule has 3 fully saturated rings. The molecule has 11 heteroatoms. The molecule has 5 rings (SSSR count). The van der Waals surface area contributed by atoms with Crippen molar-refractivity contribution in [1.82, 2.24) is 19.8 Å². The highest BCUT2D eigenvalue weighted by molar-refractivity contribution is 5.84. The van der Waals surface area contributed by atoms with Gasteiger partial charge in [0.15, 0.2) is 0 Å². The van der Waals surface area contributed by atoms with Crippen molar-refractivity contribution in [3.05, 3.63) is 35.5 Å². The predicted molar refractivity (Wildman–Crippen MR) is 146 cm³/mol. The first-order valence-corrected chi connectivity index (χ1v) is 13.9. The van der Waals surface area contributed by atoms with Crippen LogP contribution in [0.15, 0.2) is 24.4 Å². The summed E-state index contributed by atoms with van der Waals surface area (Å²) in [4.78, 5) is 27.4. The maximum absolute atomic E-state index is 13.7. The number of carbonyl (C=O) groups is 1. The number of benzene rings is 1. The molecule has 0 spiro atoms. The van der Waals surface area contributed by atoms with Gasteiger partial charge < -0.3 is 20.4 Å². The lowest BCUT2D eigenvalue weighted by Gasteiger charge is -2.36. The molecule has 0 radical (unpaired) electrons. The first-order valence-electron chi connectivity index (χ1n) is 13.9. The van der Waals surface area contributed by atoms with Gasteiger partial charge in [0.2, 0.25) is 11.9 Å². The Labute approximate surface area is 228 Å². The highest BCUT2D eigenvalue weighted by Gasteiger charge is 2.38. The third kappa shape index (κ3) is 5.92. The largest absolute Gasteiger partial charge is 0.421 e. The number of aromatic nitrogens is 2. The van der Waals surface area contributed by atoms with Gasteiger partial charge in [0, 0.05) is 74.8 Å². The maximum atomic E-state index is 13.7. The number of anilines is 4. The quantitative estimate of drug-likeness (QED) is 0.440. The van der Waals surface area contributed by atoms with E-state index in [2.05, 4.69) is 49.5 Å².